The normalized spacial score (nSPS) is 23.6. The number of alkyl halides is 5. The predicted octanol–water partition coefficient (Wildman–Crippen LogP) is 3.92. The van der Waals surface area contributed by atoms with Gasteiger partial charge in [-0.1, -0.05) is 35.3 Å². The Hall–Kier alpha value is -1.39. The quantitative estimate of drug-likeness (QED) is 0.476. The Balaban J connectivity index is 2.10. The Morgan fingerprint density at radius 1 is 1.11 bits per heavy atom. The predicted molar refractivity (Wildman–Crippen MR) is 96.6 cm³/mol. The van der Waals surface area contributed by atoms with Crippen molar-refractivity contribution in [2.75, 3.05) is 5.32 Å². The van der Waals surface area contributed by atoms with Crippen LogP contribution < -0.4 is 5.32 Å². The fraction of sp³-hybridized carbons (Fsp3) is 0.267. The Kier molecular flexibility index (Phi) is 4.56. The van der Waals surface area contributed by atoms with Crippen LogP contribution in [0.1, 0.15) is 6.42 Å². The van der Waals surface area contributed by atoms with Gasteiger partial charge >= 0.3 is 0 Å². The van der Waals surface area contributed by atoms with Crippen LogP contribution in [-0.2, 0) is 14.9 Å². The van der Waals surface area contributed by atoms with Crippen molar-refractivity contribution in [3.05, 3.63) is 30.3 Å². The zero-order valence-corrected chi connectivity index (χ0v) is 16.1. The number of fused-ring (bicyclic) bond motifs is 1. The second-order valence-electron chi connectivity index (χ2n) is 6.00. The van der Waals surface area contributed by atoms with Crippen molar-refractivity contribution in [3.63, 3.8) is 0 Å². The molecule has 0 saturated heterocycles. The molecule has 0 spiro atoms. The van der Waals surface area contributed by atoms with Crippen LogP contribution in [-0.4, -0.2) is 39.1 Å². The monoisotopic (exact) mass is 459 g/mol. The lowest BCUT2D eigenvalue weighted by atomic mass is 9.78. The van der Waals surface area contributed by atoms with Crippen LogP contribution in [0.4, 0.5) is 14.5 Å². The summed E-state index contributed by atoms with van der Waals surface area (Å²) in [7, 11) is -4.89. The SMILES string of the molecule is O=C(Nc1ccc2c(O)cccc2c1S(=O)(=O)O)C1(Cl)CC(F)(F)C1(Cl)Cl. The summed E-state index contributed by atoms with van der Waals surface area (Å²) >= 11 is 16.9. The summed E-state index contributed by atoms with van der Waals surface area (Å²) in [6.07, 6.45) is -1.17. The molecule has 0 aliphatic heterocycles. The molecule has 0 heterocycles. The number of rotatable bonds is 3. The Morgan fingerprint density at radius 3 is 2.26 bits per heavy atom. The van der Waals surface area contributed by atoms with Crippen molar-refractivity contribution in [2.45, 2.75) is 26.4 Å². The van der Waals surface area contributed by atoms with Crippen molar-refractivity contribution < 1.29 is 31.7 Å². The first-order chi connectivity index (χ1) is 12.2. The number of hydrogen-bond acceptors (Lipinski definition) is 4. The van der Waals surface area contributed by atoms with Crippen molar-refractivity contribution in [1.82, 2.24) is 0 Å². The van der Waals surface area contributed by atoms with Gasteiger partial charge in [-0.3, -0.25) is 9.35 Å². The summed E-state index contributed by atoms with van der Waals surface area (Å²) in [6.45, 7) is 0. The standard InChI is InChI=1S/C15H10Cl3F2NO5S/c16-13(6-14(19,20)15(13,17)18)12(23)21-9-5-4-7-8(2-1-3-10(7)22)11(9)27(24,25)26/h1-5,22H,6H2,(H,21,23)(H,24,25,26). The van der Waals surface area contributed by atoms with E-state index in [0.717, 1.165) is 6.07 Å². The average Bonchev–Trinajstić information content (AvgIpc) is 2.52. The minimum atomic E-state index is -4.89. The molecule has 1 saturated carbocycles. The summed E-state index contributed by atoms with van der Waals surface area (Å²) in [4.78, 5) is 9.26. The third kappa shape index (κ3) is 2.92. The highest BCUT2D eigenvalue weighted by molar-refractivity contribution is 7.86. The zero-order chi connectivity index (χ0) is 20.4. The number of benzene rings is 2. The van der Waals surface area contributed by atoms with Gasteiger partial charge in [-0.05, 0) is 18.2 Å². The van der Waals surface area contributed by atoms with Gasteiger partial charge in [0, 0.05) is 17.2 Å². The summed E-state index contributed by atoms with van der Waals surface area (Å²) in [5.74, 6) is -5.18. The number of amides is 1. The van der Waals surface area contributed by atoms with E-state index < -0.39 is 48.2 Å². The molecule has 1 unspecified atom stereocenters. The first kappa shape index (κ1) is 20.3. The fourth-order valence-electron chi connectivity index (χ4n) is 2.85. The second kappa shape index (κ2) is 6.05. The van der Waals surface area contributed by atoms with E-state index in [0.29, 0.717) is 0 Å². The highest BCUT2D eigenvalue weighted by Gasteiger charge is 2.79. The maximum absolute atomic E-state index is 13.5. The van der Waals surface area contributed by atoms with Crippen molar-refractivity contribution >= 4 is 67.3 Å². The molecular weight excluding hydrogens is 451 g/mol. The molecular formula is C15H10Cl3F2NO5S. The summed E-state index contributed by atoms with van der Waals surface area (Å²) in [5.41, 5.74) is -0.444. The lowest BCUT2D eigenvalue weighted by Gasteiger charge is -2.51. The van der Waals surface area contributed by atoms with Crippen LogP contribution in [0.3, 0.4) is 0 Å². The average molecular weight is 461 g/mol. The van der Waals surface area contributed by atoms with Crippen molar-refractivity contribution in [3.8, 4) is 5.75 Å². The molecule has 27 heavy (non-hydrogen) atoms. The molecule has 12 heteroatoms. The highest BCUT2D eigenvalue weighted by atomic mass is 35.5. The topological polar surface area (TPSA) is 104 Å². The van der Waals surface area contributed by atoms with Gasteiger partial charge < -0.3 is 10.4 Å². The minimum absolute atomic E-state index is 0.0721. The van der Waals surface area contributed by atoms with Gasteiger partial charge in [0.15, 0.2) is 4.87 Å². The third-order valence-electron chi connectivity index (χ3n) is 4.28. The van der Waals surface area contributed by atoms with Gasteiger partial charge in [0.25, 0.3) is 16.0 Å². The number of carbonyl (C=O) groups is 1. The Labute approximate surface area is 166 Å². The molecule has 6 nitrogen and oxygen atoms in total. The van der Waals surface area contributed by atoms with Crippen LogP contribution in [0.25, 0.3) is 10.8 Å². The fourth-order valence-corrected chi connectivity index (χ4v) is 4.49. The van der Waals surface area contributed by atoms with E-state index in [2.05, 4.69) is 5.32 Å². The molecule has 1 atom stereocenters. The number of phenolic OH excluding ortho intramolecular Hbond substituents is 1. The largest absolute Gasteiger partial charge is 0.507 e. The zero-order valence-electron chi connectivity index (χ0n) is 13.0. The van der Waals surface area contributed by atoms with E-state index in [4.69, 9.17) is 34.8 Å². The molecule has 1 aliphatic rings. The highest BCUT2D eigenvalue weighted by Crippen LogP contribution is 2.64. The van der Waals surface area contributed by atoms with Crippen LogP contribution in [0, 0.1) is 0 Å². The van der Waals surface area contributed by atoms with Gasteiger partial charge in [-0.25, -0.2) is 8.78 Å². The molecule has 0 radical (unpaired) electrons. The maximum atomic E-state index is 13.5. The summed E-state index contributed by atoms with van der Waals surface area (Å²) in [6, 6.07) is 6.20. The van der Waals surface area contributed by atoms with Crippen LogP contribution in [0.5, 0.6) is 5.75 Å². The van der Waals surface area contributed by atoms with E-state index in [1.54, 1.807) is 0 Å². The van der Waals surface area contributed by atoms with Gasteiger partial charge in [-0.2, -0.15) is 8.42 Å². The van der Waals surface area contributed by atoms with Gasteiger partial charge in [0.05, 0.1) is 5.69 Å². The van der Waals surface area contributed by atoms with Gasteiger partial charge in [0.1, 0.15) is 10.6 Å². The first-order valence-electron chi connectivity index (χ1n) is 7.20. The second-order valence-corrected chi connectivity index (χ2v) is 9.33. The lowest BCUT2D eigenvalue weighted by molar-refractivity contribution is -0.143. The molecule has 1 amide bonds. The van der Waals surface area contributed by atoms with E-state index in [-0.39, 0.29) is 16.5 Å². The van der Waals surface area contributed by atoms with Crippen LogP contribution in [0.2, 0.25) is 0 Å². The molecule has 0 bridgehead atoms. The number of phenols is 1. The van der Waals surface area contributed by atoms with E-state index in [1.165, 1.54) is 24.3 Å². The van der Waals surface area contributed by atoms with Crippen molar-refractivity contribution in [1.29, 1.82) is 0 Å². The maximum Gasteiger partial charge on any atom is 0.297 e. The number of aromatic hydroxyl groups is 1. The molecule has 2 aromatic carbocycles. The smallest absolute Gasteiger partial charge is 0.297 e. The molecule has 146 valence electrons. The number of hydrogen-bond donors (Lipinski definition) is 3. The summed E-state index contributed by atoms with van der Waals surface area (Å²) < 4.78 is 57.4. The van der Waals surface area contributed by atoms with E-state index >= 15 is 0 Å². The Bertz CT molecular complexity index is 1080. The lowest BCUT2D eigenvalue weighted by Crippen LogP contribution is -2.71. The molecule has 0 aromatic heterocycles. The minimum Gasteiger partial charge on any atom is -0.507 e. The summed E-state index contributed by atoms with van der Waals surface area (Å²) in [5, 5.41) is 11.9. The van der Waals surface area contributed by atoms with E-state index in [1.807, 2.05) is 0 Å². The van der Waals surface area contributed by atoms with Gasteiger partial charge in [0.2, 0.25) is 10.2 Å². The number of anilines is 1. The van der Waals surface area contributed by atoms with Crippen LogP contribution >= 0.6 is 34.8 Å². The van der Waals surface area contributed by atoms with Crippen molar-refractivity contribution in [2.24, 2.45) is 0 Å². The Morgan fingerprint density at radius 2 is 1.74 bits per heavy atom. The van der Waals surface area contributed by atoms with E-state index in [9.17, 15) is 31.7 Å². The number of nitrogens with one attached hydrogen (secondary N) is 1. The molecule has 2 aromatic rings. The third-order valence-corrected chi connectivity index (χ3v) is 7.21. The van der Waals surface area contributed by atoms with Gasteiger partial charge in [-0.15, -0.1) is 11.6 Å². The molecule has 3 rings (SSSR count). The number of carbonyl (C=O) groups excluding carboxylic acids is 1. The number of halogens is 5. The molecule has 1 aliphatic carbocycles. The van der Waals surface area contributed by atoms with Crippen LogP contribution in [0.15, 0.2) is 35.2 Å². The molecule has 3 N–H and O–H groups in total. The molecule has 1 fully saturated rings. The first-order valence-corrected chi connectivity index (χ1v) is 9.78.